The molecule has 0 fully saturated rings. The summed E-state index contributed by atoms with van der Waals surface area (Å²) in [5, 5.41) is 0. The van der Waals surface area contributed by atoms with E-state index in [0.717, 1.165) is 5.92 Å². The standard InChI is InChI=1S/C12H20/c1-4-5-11(3)12-8-6-10(2)7-9-12/h6,8,11H,4-5,7,9H2,1-3H3. The van der Waals surface area contributed by atoms with Crippen molar-refractivity contribution in [2.24, 2.45) is 5.92 Å². The van der Waals surface area contributed by atoms with Crippen molar-refractivity contribution in [2.75, 3.05) is 0 Å². The van der Waals surface area contributed by atoms with Crippen LogP contribution in [0, 0.1) is 5.92 Å². The highest BCUT2D eigenvalue weighted by Crippen LogP contribution is 2.26. The molecule has 0 heteroatoms. The Balaban J connectivity index is 2.52. The first kappa shape index (κ1) is 9.57. The minimum Gasteiger partial charge on any atom is -0.0730 e. The van der Waals surface area contributed by atoms with Gasteiger partial charge in [-0.2, -0.15) is 0 Å². The molecule has 0 saturated carbocycles. The molecule has 0 aliphatic heterocycles. The van der Waals surface area contributed by atoms with Crippen molar-refractivity contribution in [3.05, 3.63) is 23.3 Å². The van der Waals surface area contributed by atoms with Crippen LogP contribution in [0.3, 0.4) is 0 Å². The van der Waals surface area contributed by atoms with Crippen LogP contribution < -0.4 is 0 Å². The molecule has 0 heterocycles. The lowest BCUT2D eigenvalue weighted by molar-refractivity contribution is 0.575. The van der Waals surface area contributed by atoms with E-state index in [9.17, 15) is 0 Å². The molecule has 0 nitrogen and oxygen atoms in total. The van der Waals surface area contributed by atoms with Gasteiger partial charge in [-0.3, -0.25) is 0 Å². The third kappa shape index (κ3) is 2.51. The summed E-state index contributed by atoms with van der Waals surface area (Å²) in [6.07, 6.45) is 9.84. The van der Waals surface area contributed by atoms with Crippen LogP contribution in [0.15, 0.2) is 23.3 Å². The van der Waals surface area contributed by atoms with Crippen molar-refractivity contribution in [3.8, 4) is 0 Å². The van der Waals surface area contributed by atoms with Crippen molar-refractivity contribution < 1.29 is 0 Å². The predicted molar refractivity (Wildman–Crippen MR) is 55.1 cm³/mol. The highest BCUT2D eigenvalue weighted by molar-refractivity contribution is 5.23. The van der Waals surface area contributed by atoms with E-state index in [1.54, 1.807) is 5.57 Å². The second-order valence-electron chi connectivity index (χ2n) is 3.94. The molecule has 1 aliphatic rings. The Kier molecular flexibility index (Phi) is 3.58. The molecule has 0 amide bonds. The molecule has 1 aliphatic carbocycles. The molecule has 0 bridgehead atoms. The zero-order valence-electron chi connectivity index (χ0n) is 8.56. The fourth-order valence-electron chi connectivity index (χ4n) is 1.79. The largest absolute Gasteiger partial charge is 0.0730 e. The lowest BCUT2D eigenvalue weighted by Gasteiger charge is -2.18. The monoisotopic (exact) mass is 164 g/mol. The molecule has 0 aromatic carbocycles. The van der Waals surface area contributed by atoms with Crippen molar-refractivity contribution in [3.63, 3.8) is 0 Å². The minimum absolute atomic E-state index is 0.805. The molecule has 1 atom stereocenters. The zero-order chi connectivity index (χ0) is 8.97. The van der Waals surface area contributed by atoms with Gasteiger partial charge in [0.1, 0.15) is 0 Å². The minimum atomic E-state index is 0.805. The average Bonchev–Trinajstić information content (AvgIpc) is 2.06. The number of hydrogen-bond donors (Lipinski definition) is 0. The van der Waals surface area contributed by atoms with Crippen LogP contribution in [0.5, 0.6) is 0 Å². The smallest absolute Gasteiger partial charge is 0.0229 e. The molecule has 1 rings (SSSR count). The maximum atomic E-state index is 2.35. The Morgan fingerprint density at radius 1 is 1.33 bits per heavy atom. The van der Waals surface area contributed by atoms with Crippen LogP contribution in [0.1, 0.15) is 46.5 Å². The molecule has 0 saturated heterocycles. The fourth-order valence-corrected chi connectivity index (χ4v) is 1.79. The van der Waals surface area contributed by atoms with Crippen molar-refractivity contribution in [1.29, 1.82) is 0 Å². The van der Waals surface area contributed by atoms with E-state index in [2.05, 4.69) is 32.9 Å². The van der Waals surface area contributed by atoms with Gasteiger partial charge in [-0.1, -0.05) is 43.6 Å². The molecule has 0 spiro atoms. The molecule has 0 N–H and O–H groups in total. The average molecular weight is 164 g/mol. The number of rotatable bonds is 3. The molecule has 0 radical (unpaired) electrons. The van der Waals surface area contributed by atoms with Gasteiger partial charge in [-0.05, 0) is 32.1 Å². The molecular weight excluding hydrogens is 144 g/mol. The van der Waals surface area contributed by atoms with Crippen LogP contribution in [-0.4, -0.2) is 0 Å². The summed E-state index contributed by atoms with van der Waals surface area (Å²) in [7, 11) is 0. The summed E-state index contributed by atoms with van der Waals surface area (Å²) in [4.78, 5) is 0. The van der Waals surface area contributed by atoms with Crippen LogP contribution >= 0.6 is 0 Å². The third-order valence-electron chi connectivity index (χ3n) is 2.74. The zero-order valence-corrected chi connectivity index (χ0v) is 8.56. The Morgan fingerprint density at radius 2 is 2.08 bits per heavy atom. The van der Waals surface area contributed by atoms with Gasteiger partial charge in [0.2, 0.25) is 0 Å². The number of allylic oxidation sites excluding steroid dienone is 4. The van der Waals surface area contributed by atoms with Crippen molar-refractivity contribution in [2.45, 2.75) is 46.5 Å². The van der Waals surface area contributed by atoms with Gasteiger partial charge >= 0.3 is 0 Å². The maximum Gasteiger partial charge on any atom is -0.0229 e. The normalized spacial score (nSPS) is 19.9. The molecular formula is C12H20. The first-order valence-corrected chi connectivity index (χ1v) is 5.10. The summed E-state index contributed by atoms with van der Waals surface area (Å²) in [6, 6.07) is 0. The van der Waals surface area contributed by atoms with Crippen LogP contribution in [0.2, 0.25) is 0 Å². The van der Waals surface area contributed by atoms with Gasteiger partial charge in [0.25, 0.3) is 0 Å². The van der Waals surface area contributed by atoms with Crippen molar-refractivity contribution in [1.82, 2.24) is 0 Å². The summed E-state index contributed by atoms with van der Waals surface area (Å²) in [5.41, 5.74) is 3.19. The molecule has 0 aromatic rings. The van der Waals surface area contributed by atoms with E-state index in [1.165, 1.54) is 31.3 Å². The Morgan fingerprint density at radius 3 is 2.58 bits per heavy atom. The predicted octanol–water partition coefficient (Wildman–Crippen LogP) is 4.09. The molecule has 1 unspecified atom stereocenters. The van der Waals surface area contributed by atoms with Crippen LogP contribution in [0.4, 0.5) is 0 Å². The molecule has 12 heavy (non-hydrogen) atoms. The van der Waals surface area contributed by atoms with Crippen LogP contribution in [-0.2, 0) is 0 Å². The molecule has 0 aromatic heterocycles. The quantitative estimate of drug-likeness (QED) is 0.589. The SMILES string of the molecule is CCCC(C)C1=CC=C(C)CC1. The third-order valence-corrected chi connectivity index (χ3v) is 2.74. The topological polar surface area (TPSA) is 0 Å². The first-order valence-electron chi connectivity index (χ1n) is 5.10. The maximum absolute atomic E-state index is 2.35. The van der Waals surface area contributed by atoms with Crippen LogP contribution in [0.25, 0.3) is 0 Å². The van der Waals surface area contributed by atoms with E-state index in [4.69, 9.17) is 0 Å². The van der Waals surface area contributed by atoms with Gasteiger partial charge < -0.3 is 0 Å². The van der Waals surface area contributed by atoms with Gasteiger partial charge in [0, 0.05) is 0 Å². The van der Waals surface area contributed by atoms with E-state index < -0.39 is 0 Å². The van der Waals surface area contributed by atoms with E-state index >= 15 is 0 Å². The second-order valence-corrected chi connectivity index (χ2v) is 3.94. The van der Waals surface area contributed by atoms with Gasteiger partial charge in [0.05, 0.1) is 0 Å². The summed E-state index contributed by atoms with van der Waals surface area (Å²) >= 11 is 0. The Labute approximate surface area is 76.4 Å². The van der Waals surface area contributed by atoms with E-state index in [-0.39, 0.29) is 0 Å². The van der Waals surface area contributed by atoms with E-state index in [0.29, 0.717) is 0 Å². The summed E-state index contributed by atoms with van der Waals surface area (Å²) < 4.78 is 0. The molecule has 68 valence electrons. The first-order chi connectivity index (χ1) is 5.74. The van der Waals surface area contributed by atoms with Gasteiger partial charge in [0.15, 0.2) is 0 Å². The highest BCUT2D eigenvalue weighted by Gasteiger charge is 2.09. The highest BCUT2D eigenvalue weighted by atomic mass is 14.1. The fraction of sp³-hybridized carbons (Fsp3) is 0.667. The van der Waals surface area contributed by atoms with Gasteiger partial charge in [-0.15, -0.1) is 0 Å². The van der Waals surface area contributed by atoms with E-state index in [1.807, 2.05) is 0 Å². The Hall–Kier alpha value is -0.520. The number of hydrogen-bond acceptors (Lipinski definition) is 0. The lowest BCUT2D eigenvalue weighted by atomic mass is 9.88. The van der Waals surface area contributed by atoms with Gasteiger partial charge in [-0.25, -0.2) is 0 Å². The summed E-state index contributed by atoms with van der Waals surface area (Å²) in [5.74, 6) is 0.805. The Bertz CT molecular complexity index is 196. The second kappa shape index (κ2) is 4.49. The lowest BCUT2D eigenvalue weighted by Crippen LogP contribution is -2.02. The summed E-state index contributed by atoms with van der Waals surface area (Å²) in [6.45, 7) is 6.84. The van der Waals surface area contributed by atoms with Crippen molar-refractivity contribution >= 4 is 0 Å².